The molecule has 0 N–H and O–H groups in total. The Morgan fingerprint density at radius 1 is 1.00 bits per heavy atom. The first-order chi connectivity index (χ1) is 11.9. The predicted molar refractivity (Wildman–Crippen MR) is 90.8 cm³/mol. The molecule has 0 spiro atoms. The van der Waals surface area contributed by atoms with Crippen molar-refractivity contribution in [3.63, 3.8) is 0 Å². The van der Waals surface area contributed by atoms with E-state index in [1.807, 2.05) is 25.1 Å². The van der Waals surface area contributed by atoms with Crippen LogP contribution in [0.15, 0.2) is 65.6 Å². The monoisotopic (exact) mass is 346 g/mol. The fourth-order valence-electron chi connectivity index (χ4n) is 2.78. The van der Waals surface area contributed by atoms with Gasteiger partial charge in [-0.25, -0.2) is 4.68 Å². The van der Waals surface area contributed by atoms with Crippen molar-refractivity contribution >= 4 is 0 Å². The van der Waals surface area contributed by atoms with E-state index in [4.69, 9.17) is 0 Å². The van der Waals surface area contributed by atoms with Gasteiger partial charge < -0.3 is 0 Å². The zero-order valence-corrected chi connectivity index (χ0v) is 13.6. The van der Waals surface area contributed by atoms with Crippen LogP contribution in [0.5, 0.6) is 0 Å². The lowest BCUT2D eigenvalue weighted by atomic mass is 10.1. The third-order valence-corrected chi connectivity index (χ3v) is 3.91. The standard InChI is InChI=1S/C19H17F3N2O/c1-2-11-23-13-17(14-7-6-8-15(12-14)19(20,21)22)18(25)24(23)16-9-4-3-5-10-16/h3-10,12-13H,2,11H2,1H3. The Labute approximate surface area is 142 Å². The van der Waals surface area contributed by atoms with Gasteiger partial charge in [0, 0.05) is 12.7 Å². The molecule has 0 amide bonds. The van der Waals surface area contributed by atoms with Crippen LogP contribution in [0.3, 0.4) is 0 Å². The van der Waals surface area contributed by atoms with Crippen molar-refractivity contribution in [2.24, 2.45) is 0 Å². The highest BCUT2D eigenvalue weighted by atomic mass is 19.4. The molecule has 130 valence electrons. The lowest BCUT2D eigenvalue weighted by molar-refractivity contribution is -0.137. The van der Waals surface area contributed by atoms with Crippen molar-refractivity contribution < 1.29 is 13.2 Å². The van der Waals surface area contributed by atoms with Gasteiger partial charge in [0.2, 0.25) is 0 Å². The Morgan fingerprint density at radius 3 is 2.36 bits per heavy atom. The summed E-state index contributed by atoms with van der Waals surface area (Å²) in [5, 5.41) is 0. The number of nitrogens with zero attached hydrogens (tertiary/aromatic N) is 2. The molecular formula is C19H17F3N2O. The minimum Gasteiger partial charge on any atom is -0.285 e. The zero-order valence-electron chi connectivity index (χ0n) is 13.6. The van der Waals surface area contributed by atoms with Crippen LogP contribution >= 0.6 is 0 Å². The first-order valence-electron chi connectivity index (χ1n) is 7.97. The highest BCUT2D eigenvalue weighted by molar-refractivity contribution is 5.63. The second-order valence-corrected chi connectivity index (χ2v) is 5.74. The number of para-hydroxylation sites is 1. The number of rotatable bonds is 4. The van der Waals surface area contributed by atoms with Crippen molar-refractivity contribution in [1.82, 2.24) is 9.36 Å². The summed E-state index contributed by atoms with van der Waals surface area (Å²) in [6.45, 7) is 2.56. The molecular weight excluding hydrogens is 329 g/mol. The number of benzene rings is 2. The van der Waals surface area contributed by atoms with Gasteiger partial charge >= 0.3 is 6.18 Å². The van der Waals surface area contributed by atoms with E-state index in [2.05, 4.69) is 0 Å². The van der Waals surface area contributed by atoms with Crippen LogP contribution < -0.4 is 5.56 Å². The van der Waals surface area contributed by atoms with Gasteiger partial charge in [0.15, 0.2) is 0 Å². The van der Waals surface area contributed by atoms with Gasteiger partial charge in [0.25, 0.3) is 5.56 Å². The maximum absolute atomic E-state index is 13.0. The zero-order chi connectivity index (χ0) is 18.0. The molecule has 2 aromatic carbocycles. The summed E-state index contributed by atoms with van der Waals surface area (Å²) >= 11 is 0. The molecule has 0 atom stereocenters. The molecule has 3 nitrogen and oxygen atoms in total. The Balaban J connectivity index is 2.18. The van der Waals surface area contributed by atoms with Crippen molar-refractivity contribution in [3.8, 4) is 16.8 Å². The van der Waals surface area contributed by atoms with E-state index in [0.717, 1.165) is 18.6 Å². The number of hydrogen-bond acceptors (Lipinski definition) is 1. The Kier molecular flexibility index (Phi) is 4.53. The predicted octanol–water partition coefficient (Wildman–Crippen LogP) is 4.73. The summed E-state index contributed by atoms with van der Waals surface area (Å²) in [5.74, 6) is 0. The highest BCUT2D eigenvalue weighted by Crippen LogP contribution is 2.31. The molecule has 6 heteroatoms. The summed E-state index contributed by atoms with van der Waals surface area (Å²) in [5.41, 5.74) is 0.0971. The van der Waals surface area contributed by atoms with Gasteiger partial charge in [-0.15, -0.1) is 0 Å². The van der Waals surface area contributed by atoms with Gasteiger partial charge in [-0.3, -0.25) is 9.48 Å². The van der Waals surface area contributed by atoms with Crippen LogP contribution in [0.2, 0.25) is 0 Å². The Morgan fingerprint density at radius 2 is 1.72 bits per heavy atom. The average Bonchev–Trinajstić information content (AvgIpc) is 2.92. The molecule has 0 aliphatic heterocycles. The molecule has 0 unspecified atom stereocenters. The minimum atomic E-state index is -4.44. The largest absolute Gasteiger partial charge is 0.416 e. The van der Waals surface area contributed by atoms with Crippen molar-refractivity contribution in [2.45, 2.75) is 26.1 Å². The number of hydrogen-bond donors (Lipinski definition) is 0. The van der Waals surface area contributed by atoms with E-state index in [9.17, 15) is 18.0 Å². The number of aromatic nitrogens is 2. The number of aryl methyl sites for hydroxylation is 1. The molecule has 0 bridgehead atoms. The fourth-order valence-corrected chi connectivity index (χ4v) is 2.78. The van der Waals surface area contributed by atoms with Crippen LogP contribution in [0.4, 0.5) is 13.2 Å². The second kappa shape index (κ2) is 6.63. The molecule has 25 heavy (non-hydrogen) atoms. The molecule has 0 saturated heterocycles. The Bertz CT molecular complexity index is 924. The lowest BCUT2D eigenvalue weighted by Gasteiger charge is -2.09. The van der Waals surface area contributed by atoms with Crippen LogP contribution in [-0.4, -0.2) is 9.36 Å². The molecule has 3 aromatic rings. The third-order valence-electron chi connectivity index (χ3n) is 3.91. The molecule has 1 heterocycles. The summed E-state index contributed by atoms with van der Waals surface area (Å²) in [6, 6.07) is 13.9. The van der Waals surface area contributed by atoms with Gasteiger partial charge in [-0.2, -0.15) is 13.2 Å². The fraction of sp³-hybridized carbons (Fsp3) is 0.211. The van der Waals surface area contributed by atoms with E-state index in [1.165, 1.54) is 16.8 Å². The SMILES string of the molecule is CCCn1cc(-c2cccc(C(F)(F)F)c2)c(=O)n1-c1ccccc1. The normalized spacial score (nSPS) is 11.7. The molecule has 0 aliphatic carbocycles. The quantitative estimate of drug-likeness (QED) is 0.671. The van der Waals surface area contributed by atoms with Crippen LogP contribution in [0, 0.1) is 0 Å². The van der Waals surface area contributed by atoms with Gasteiger partial charge in [0.1, 0.15) is 0 Å². The van der Waals surface area contributed by atoms with Crippen LogP contribution in [-0.2, 0) is 12.7 Å². The van der Waals surface area contributed by atoms with E-state index >= 15 is 0 Å². The first-order valence-corrected chi connectivity index (χ1v) is 7.97. The smallest absolute Gasteiger partial charge is 0.285 e. The van der Waals surface area contributed by atoms with Crippen LogP contribution in [0.1, 0.15) is 18.9 Å². The second-order valence-electron chi connectivity index (χ2n) is 5.74. The average molecular weight is 346 g/mol. The van der Waals surface area contributed by atoms with E-state index in [-0.39, 0.29) is 16.7 Å². The number of halogens is 3. The summed E-state index contributed by atoms with van der Waals surface area (Å²) in [7, 11) is 0. The summed E-state index contributed by atoms with van der Waals surface area (Å²) in [6.07, 6.45) is -2.03. The van der Waals surface area contributed by atoms with Crippen molar-refractivity contribution in [2.75, 3.05) is 0 Å². The van der Waals surface area contributed by atoms with Gasteiger partial charge in [-0.05, 0) is 36.2 Å². The number of alkyl halides is 3. The summed E-state index contributed by atoms with van der Waals surface area (Å²) < 4.78 is 42.1. The molecule has 3 rings (SSSR count). The van der Waals surface area contributed by atoms with E-state index in [0.29, 0.717) is 12.2 Å². The van der Waals surface area contributed by atoms with Crippen molar-refractivity contribution in [3.05, 3.63) is 76.7 Å². The van der Waals surface area contributed by atoms with Crippen molar-refractivity contribution in [1.29, 1.82) is 0 Å². The summed E-state index contributed by atoms with van der Waals surface area (Å²) in [4.78, 5) is 12.9. The Hall–Kier alpha value is -2.76. The molecule has 0 radical (unpaired) electrons. The van der Waals surface area contributed by atoms with E-state index in [1.54, 1.807) is 23.0 Å². The van der Waals surface area contributed by atoms with Crippen LogP contribution in [0.25, 0.3) is 16.8 Å². The third kappa shape index (κ3) is 3.38. The molecule has 0 saturated carbocycles. The van der Waals surface area contributed by atoms with Gasteiger partial charge in [0.05, 0.1) is 16.8 Å². The van der Waals surface area contributed by atoms with E-state index < -0.39 is 11.7 Å². The molecule has 0 aliphatic rings. The topological polar surface area (TPSA) is 26.9 Å². The van der Waals surface area contributed by atoms with Gasteiger partial charge in [-0.1, -0.05) is 37.3 Å². The maximum atomic E-state index is 13.0. The molecule has 0 fully saturated rings. The highest BCUT2D eigenvalue weighted by Gasteiger charge is 2.30. The lowest BCUT2D eigenvalue weighted by Crippen LogP contribution is -2.21. The molecule has 1 aromatic heterocycles. The maximum Gasteiger partial charge on any atom is 0.416 e. The first kappa shape index (κ1) is 17.1. The minimum absolute atomic E-state index is 0.253.